The predicted octanol–water partition coefficient (Wildman–Crippen LogP) is 3.64. The van der Waals surface area contributed by atoms with Crippen molar-refractivity contribution in [2.24, 2.45) is 12.8 Å². The van der Waals surface area contributed by atoms with E-state index in [-0.39, 0.29) is 12.0 Å². The lowest BCUT2D eigenvalue weighted by molar-refractivity contribution is -0.138. The normalized spacial score (nSPS) is 13.5. The van der Waals surface area contributed by atoms with E-state index >= 15 is 0 Å². The van der Waals surface area contributed by atoms with Gasteiger partial charge in [-0.05, 0) is 25.0 Å². The molecule has 0 aliphatic rings. The van der Waals surface area contributed by atoms with Crippen LogP contribution < -0.4 is 5.73 Å². The monoisotopic (exact) mass is 317 g/mol. The second-order valence-electron chi connectivity index (χ2n) is 4.87. The number of aromatic nitrogens is 2. The van der Waals surface area contributed by atoms with E-state index in [4.69, 9.17) is 17.3 Å². The molecule has 1 aromatic heterocycles. The van der Waals surface area contributed by atoms with Crippen molar-refractivity contribution in [3.05, 3.63) is 51.8 Å². The van der Waals surface area contributed by atoms with Gasteiger partial charge in [0.25, 0.3) is 0 Å². The van der Waals surface area contributed by atoms with Crippen LogP contribution in [0.1, 0.15) is 28.4 Å². The quantitative estimate of drug-likeness (QED) is 0.939. The van der Waals surface area contributed by atoms with Crippen LogP contribution in [-0.2, 0) is 19.6 Å². The summed E-state index contributed by atoms with van der Waals surface area (Å²) in [7, 11) is 1.67. The van der Waals surface area contributed by atoms with Crippen molar-refractivity contribution < 1.29 is 13.2 Å². The summed E-state index contributed by atoms with van der Waals surface area (Å²) >= 11 is 6.10. The number of aryl methyl sites for hydroxylation is 2. The van der Waals surface area contributed by atoms with Crippen molar-refractivity contribution in [1.29, 1.82) is 0 Å². The Morgan fingerprint density at radius 3 is 2.48 bits per heavy atom. The molecule has 114 valence electrons. The summed E-state index contributed by atoms with van der Waals surface area (Å²) < 4.78 is 40.5. The largest absolute Gasteiger partial charge is 0.416 e. The van der Waals surface area contributed by atoms with E-state index in [1.165, 1.54) is 16.8 Å². The van der Waals surface area contributed by atoms with Gasteiger partial charge in [-0.2, -0.15) is 18.3 Å². The van der Waals surface area contributed by atoms with Crippen molar-refractivity contribution in [3.8, 4) is 0 Å². The highest BCUT2D eigenvalue weighted by Crippen LogP contribution is 2.35. The van der Waals surface area contributed by atoms with Crippen LogP contribution >= 0.6 is 11.6 Å². The van der Waals surface area contributed by atoms with Crippen molar-refractivity contribution >= 4 is 11.6 Å². The average Bonchev–Trinajstić information content (AvgIpc) is 2.64. The zero-order valence-electron chi connectivity index (χ0n) is 11.6. The Kier molecular flexibility index (Phi) is 4.30. The van der Waals surface area contributed by atoms with Gasteiger partial charge in [0.05, 0.1) is 11.3 Å². The van der Waals surface area contributed by atoms with Gasteiger partial charge in [-0.1, -0.05) is 29.8 Å². The summed E-state index contributed by atoms with van der Waals surface area (Å²) in [6.45, 7) is 1.75. The van der Waals surface area contributed by atoms with Crippen LogP contribution in [-0.4, -0.2) is 9.78 Å². The Hall–Kier alpha value is -1.53. The minimum atomic E-state index is -4.43. The van der Waals surface area contributed by atoms with E-state index in [0.717, 1.165) is 6.07 Å². The average molecular weight is 318 g/mol. The van der Waals surface area contributed by atoms with Gasteiger partial charge in [-0.25, -0.2) is 0 Å². The van der Waals surface area contributed by atoms with Crippen LogP contribution in [0.3, 0.4) is 0 Å². The number of hydrogen-bond donors (Lipinski definition) is 1. The molecule has 7 heteroatoms. The van der Waals surface area contributed by atoms with Gasteiger partial charge in [0, 0.05) is 18.7 Å². The molecule has 0 aliphatic heterocycles. The Bertz CT molecular complexity index is 649. The molecule has 1 unspecified atom stereocenters. The van der Waals surface area contributed by atoms with Crippen molar-refractivity contribution in [3.63, 3.8) is 0 Å². The van der Waals surface area contributed by atoms with E-state index in [9.17, 15) is 13.2 Å². The van der Waals surface area contributed by atoms with Crippen molar-refractivity contribution in [2.75, 3.05) is 0 Å². The van der Waals surface area contributed by atoms with Gasteiger partial charge >= 0.3 is 6.18 Å². The molecule has 2 N–H and O–H groups in total. The number of halogens is 4. The third-order valence-corrected chi connectivity index (χ3v) is 3.83. The maximum Gasteiger partial charge on any atom is 0.416 e. The number of rotatable bonds is 3. The first kappa shape index (κ1) is 15.9. The number of nitrogens with two attached hydrogens (primary N) is 1. The Labute approximate surface area is 125 Å². The van der Waals surface area contributed by atoms with E-state index in [0.29, 0.717) is 16.4 Å². The molecular weight excluding hydrogens is 303 g/mol. The highest BCUT2D eigenvalue weighted by Gasteiger charge is 2.34. The van der Waals surface area contributed by atoms with E-state index in [1.807, 2.05) is 0 Å². The van der Waals surface area contributed by atoms with E-state index in [2.05, 4.69) is 5.10 Å². The minimum absolute atomic E-state index is 0.0596. The van der Waals surface area contributed by atoms with Crippen LogP contribution in [0.4, 0.5) is 13.2 Å². The highest BCUT2D eigenvalue weighted by atomic mass is 35.5. The summed E-state index contributed by atoms with van der Waals surface area (Å²) in [5.74, 6) is 0. The fourth-order valence-electron chi connectivity index (χ4n) is 2.31. The third-order valence-electron chi connectivity index (χ3n) is 3.36. The maximum absolute atomic E-state index is 13.0. The first-order valence-electron chi connectivity index (χ1n) is 6.31. The standard InChI is InChI=1S/C14H15ClF3N3/c1-8-10(13(15)21(2)20-8)7-12(19)9-5-3-4-6-11(9)14(16,17)18/h3-6,12H,7,19H2,1-2H3. The molecule has 0 bridgehead atoms. The molecule has 0 radical (unpaired) electrons. The Morgan fingerprint density at radius 2 is 1.95 bits per heavy atom. The zero-order valence-corrected chi connectivity index (χ0v) is 12.3. The van der Waals surface area contributed by atoms with Gasteiger partial charge in [0.1, 0.15) is 5.15 Å². The summed E-state index contributed by atoms with van der Waals surface area (Å²) in [5.41, 5.74) is 6.66. The molecule has 2 rings (SSSR count). The molecule has 1 atom stereocenters. The van der Waals surface area contributed by atoms with Crippen LogP contribution in [0.2, 0.25) is 5.15 Å². The van der Waals surface area contributed by atoms with Gasteiger partial charge in [0.2, 0.25) is 0 Å². The number of alkyl halides is 3. The fourth-order valence-corrected chi connectivity index (χ4v) is 2.57. The Morgan fingerprint density at radius 1 is 1.33 bits per heavy atom. The highest BCUT2D eigenvalue weighted by molar-refractivity contribution is 6.30. The summed E-state index contributed by atoms with van der Waals surface area (Å²) in [6.07, 6.45) is -4.23. The molecule has 1 heterocycles. The van der Waals surface area contributed by atoms with Gasteiger partial charge in [-0.3, -0.25) is 4.68 Å². The second-order valence-corrected chi connectivity index (χ2v) is 5.23. The smallest absolute Gasteiger partial charge is 0.324 e. The predicted molar refractivity (Wildman–Crippen MR) is 75.0 cm³/mol. The molecule has 1 aromatic carbocycles. The molecule has 21 heavy (non-hydrogen) atoms. The number of benzene rings is 1. The fraction of sp³-hybridized carbons (Fsp3) is 0.357. The third kappa shape index (κ3) is 3.22. The Balaban J connectivity index is 2.35. The molecule has 3 nitrogen and oxygen atoms in total. The molecule has 0 aliphatic carbocycles. The van der Waals surface area contributed by atoms with E-state index in [1.54, 1.807) is 20.0 Å². The summed E-state index contributed by atoms with van der Waals surface area (Å²) in [5, 5.41) is 4.53. The number of nitrogens with zero attached hydrogens (tertiary/aromatic N) is 2. The molecule has 2 aromatic rings. The lowest BCUT2D eigenvalue weighted by Gasteiger charge is -2.18. The van der Waals surface area contributed by atoms with Crippen LogP contribution in [0.15, 0.2) is 24.3 Å². The van der Waals surface area contributed by atoms with Crippen LogP contribution in [0, 0.1) is 6.92 Å². The number of hydrogen-bond acceptors (Lipinski definition) is 2. The first-order valence-corrected chi connectivity index (χ1v) is 6.69. The lowest BCUT2D eigenvalue weighted by Crippen LogP contribution is -2.19. The maximum atomic E-state index is 13.0. The van der Waals surface area contributed by atoms with Gasteiger partial charge < -0.3 is 5.73 Å². The van der Waals surface area contributed by atoms with Crippen LogP contribution in [0.5, 0.6) is 0 Å². The molecule has 0 amide bonds. The molecule has 0 saturated heterocycles. The second kappa shape index (κ2) is 5.69. The minimum Gasteiger partial charge on any atom is -0.324 e. The van der Waals surface area contributed by atoms with Gasteiger partial charge in [-0.15, -0.1) is 0 Å². The first-order chi connectivity index (χ1) is 9.71. The zero-order chi connectivity index (χ0) is 15.8. The van der Waals surface area contributed by atoms with Crippen molar-refractivity contribution in [1.82, 2.24) is 9.78 Å². The molecular formula is C14H15ClF3N3. The summed E-state index contributed by atoms with van der Waals surface area (Å²) in [4.78, 5) is 0. The molecule has 0 fully saturated rings. The topological polar surface area (TPSA) is 43.8 Å². The van der Waals surface area contributed by atoms with Gasteiger partial charge in [0.15, 0.2) is 0 Å². The lowest BCUT2D eigenvalue weighted by atomic mass is 9.95. The summed E-state index contributed by atoms with van der Waals surface area (Å²) in [6, 6.07) is 4.52. The van der Waals surface area contributed by atoms with Crippen LogP contribution in [0.25, 0.3) is 0 Å². The van der Waals surface area contributed by atoms with E-state index < -0.39 is 17.8 Å². The SMILES string of the molecule is Cc1nn(C)c(Cl)c1CC(N)c1ccccc1C(F)(F)F. The van der Waals surface area contributed by atoms with Crippen molar-refractivity contribution in [2.45, 2.75) is 25.6 Å². The molecule has 0 saturated carbocycles. The molecule has 0 spiro atoms.